The lowest BCUT2D eigenvalue weighted by molar-refractivity contribution is 0.399. The molecule has 9 heteroatoms. The topological polar surface area (TPSA) is 65.3 Å². The van der Waals surface area contributed by atoms with Crippen LogP contribution in [-0.4, -0.2) is 33.1 Å². The maximum Gasteiger partial charge on any atom is 0.268 e. The number of thiocarbonyl (C=S) groups is 1. The van der Waals surface area contributed by atoms with Gasteiger partial charge >= 0.3 is 0 Å². The Morgan fingerprint density at radius 2 is 1.53 bits per heavy atom. The molecule has 0 amide bonds. The fraction of sp³-hybridized carbons (Fsp3) is 0.0870. The molecule has 3 aromatic carbocycles. The Morgan fingerprint density at radius 3 is 2.19 bits per heavy atom. The van der Waals surface area contributed by atoms with E-state index in [-0.39, 0.29) is 10.0 Å². The van der Waals surface area contributed by atoms with Gasteiger partial charge in [0.05, 0.1) is 4.90 Å². The molecule has 160 valence electrons. The molecule has 0 aromatic heterocycles. The second kappa shape index (κ2) is 8.16. The van der Waals surface area contributed by atoms with Crippen molar-refractivity contribution < 1.29 is 8.42 Å². The summed E-state index contributed by atoms with van der Waals surface area (Å²) < 4.78 is 28.6. The van der Waals surface area contributed by atoms with E-state index in [4.69, 9.17) is 17.2 Å². The van der Waals surface area contributed by atoms with Gasteiger partial charge in [-0.25, -0.2) is 17.7 Å². The molecule has 32 heavy (non-hydrogen) atoms. The van der Waals surface area contributed by atoms with E-state index in [1.54, 1.807) is 24.3 Å². The summed E-state index contributed by atoms with van der Waals surface area (Å²) in [6.45, 7) is 1.91. The highest BCUT2D eigenvalue weighted by Crippen LogP contribution is 2.39. The van der Waals surface area contributed by atoms with Crippen LogP contribution in [0.5, 0.6) is 0 Å². The van der Waals surface area contributed by atoms with Crippen molar-refractivity contribution in [3.63, 3.8) is 0 Å². The van der Waals surface area contributed by atoms with Crippen molar-refractivity contribution >= 4 is 49.3 Å². The number of nitrogens with zero attached hydrogens (tertiary/aromatic N) is 4. The lowest BCUT2D eigenvalue weighted by atomic mass is 10.2. The van der Waals surface area contributed by atoms with Gasteiger partial charge in [-0.05, 0) is 48.6 Å². The first-order valence-corrected chi connectivity index (χ1v) is 12.5. The first-order chi connectivity index (χ1) is 15.4. The van der Waals surface area contributed by atoms with Gasteiger partial charge in [-0.1, -0.05) is 78.4 Å². The second-order valence-corrected chi connectivity index (χ2v) is 10.4. The van der Waals surface area contributed by atoms with Gasteiger partial charge in [-0.2, -0.15) is 10.1 Å². The van der Waals surface area contributed by atoms with E-state index < -0.39 is 16.2 Å². The molecule has 0 saturated heterocycles. The Bertz CT molecular complexity index is 1340. The Labute approximate surface area is 196 Å². The quantitative estimate of drug-likeness (QED) is 0.507. The molecule has 2 aliphatic rings. The maximum absolute atomic E-state index is 13.7. The summed E-state index contributed by atoms with van der Waals surface area (Å²) in [7, 11) is -3.98. The van der Waals surface area contributed by atoms with Crippen molar-refractivity contribution in [1.29, 1.82) is 0 Å². The first kappa shape index (κ1) is 20.9. The third-order valence-corrected chi connectivity index (χ3v) is 8.30. The number of benzene rings is 3. The molecular weight excluding hydrogens is 460 g/mol. The second-order valence-electron chi connectivity index (χ2n) is 7.28. The molecule has 0 saturated carbocycles. The summed E-state index contributed by atoms with van der Waals surface area (Å²) in [6.07, 6.45) is -0.820. The fourth-order valence-corrected chi connectivity index (χ4v) is 6.35. The largest absolute Gasteiger partial charge is 0.268 e. The highest BCUT2D eigenvalue weighted by atomic mass is 32.2. The van der Waals surface area contributed by atoms with E-state index in [2.05, 4.69) is 5.10 Å². The molecule has 2 heterocycles. The molecule has 0 bridgehead atoms. The van der Waals surface area contributed by atoms with Crippen molar-refractivity contribution in [3.05, 3.63) is 102 Å². The van der Waals surface area contributed by atoms with E-state index in [1.165, 1.54) is 21.1 Å². The van der Waals surface area contributed by atoms with Crippen LogP contribution in [0.15, 0.2) is 99.9 Å². The molecule has 0 aliphatic carbocycles. The molecule has 1 atom stereocenters. The normalized spacial score (nSPS) is 18.3. The summed E-state index contributed by atoms with van der Waals surface area (Å²) in [5, 5.41) is 7.38. The zero-order valence-electron chi connectivity index (χ0n) is 17.0. The number of hydrazone groups is 1. The predicted molar refractivity (Wildman–Crippen MR) is 132 cm³/mol. The Balaban J connectivity index is 1.63. The van der Waals surface area contributed by atoms with Gasteiger partial charge in [-0.15, -0.1) is 0 Å². The Morgan fingerprint density at radius 1 is 0.906 bits per heavy atom. The first-order valence-electron chi connectivity index (χ1n) is 9.85. The average Bonchev–Trinajstić information content (AvgIpc) is 3.25. The van der Waals surface area contributed by atoms with Crippen LogP contribution in [-0.2, 0) is 10.0 Å². The molecular formula is C23H18N4O2S3. The van der Waals surface area contributed by atoms with E-state index in [0.717, 1.165) is 16.7 Å². The Hall–Kier alpha value is -3.01. The zero-order chi connectivity index (χ0) is 22.3. The standard InChI is InChI=1S/C23H18N4O2S3/c1-16-12-14-19(15-13-16)32(28,29)27-20(17-8-4-2-5-9-17)24-22-26(23(27)30)25-21(31-22)18-10-6-3-7-11-18/h2-15,20H,1H3. The molecule has 2 aliphatic heterocycles. The van der Waals surface area contributed by atoms with E-state index in [1.807, 2.05) is 67.6 Å². The number of aliphatic imine (C=N–C) groups is 1. The van der Waals surface area contributed by atoms with Crippen molar-refractivity contribution in [1.82, 2.24) is 9.31 Å². The zero-order valence-corrected chi connectivity index (χ0v) is 19.4. The van der Waals surface area contributed by atoms with Crippen LogP contribution >= 0.6 is 24.0 Å². The molecule has 1 unspecified atom stereocenters. The van der Waals surface area contributed by atoms with Crippen LogP contribution in [0.4, 0.5) is 0 Å². The molecule has 6 nitrogen and oxygen atoms in total. The van der Waals surface area contributed by atoms with E-state index in [0.29, 0.717) is 10.2 Å². The summed E-state index contributed by atoms with van der Waals surface area (Å²) in [5.74, 6) is 0. The van der Waals surface area contributed by atoms with Gasteiger partial charge in [0, 0.05) is 5.56 Å². The highest BCUT2D eigenvalue weighted by molar-refractivity contribution is 8.27. The third-order valence-electron chi connectivity index (χ3n) is 5.08. The van der Waals surface area contributed by atoms with Gasteiger partial charge in [-0.3, -0.25) is 0 Å². The van der Waals surface area contributed by atoms with Gasteiger partial charge in [0.2, 0.25) is 5.11 Å². The van der Waals surface area contributed by atoms with Crippen molar-refractivity contribution in [2.45, 2.75) is 18.0 Å². The molecule has 0 spiro atoms. The van der Waals surface area contributed by atoms with Crippen molar-refractivity contribution in [3.8, 4) is 0 Å². The van der Waals surface area contributed by atoms with Gasteiger partial charge < -0.3 is 0 Å². The number of thioether (sulfide) groups is 1. The minimum Gasteiger partial charge on any atom is -0.229 e. The molecule has 0 N–H and O–H groups in total. The number of sulfonamides is 1. The molecule has 0 radical (unpaired) electrons. The van der Waals surface area contributed by atoms with Crippen LogP contribution in [0.2, 0.25) is 0 Å². The summed E-state index contributed by atoms with van der Waals surface area (Å²) in [4.78, 5) is 4.94. The molecule has 0 fully saturated rings. The SMILES string of the molecule is Cc1ccc(S(=O)(=O)N2C(=S)N3N=C(c4ccccc4)SC3=NC2c2ccccc2)cc1. The van der Waals surface area contributed by atoms with Crippen LogP contribution in [0, 0.1) is 6.92 Å². The summed E-state index contributed by atoms with van der Waals surface area (Å²) in [6, 6.07) is 25.7. The number of amidine groups is 1. The lowest BCUT2D eigenvalue weighted by Gasteiger charge is -2.36. The van der Waals surface area contributed by atoms with Crippen LogP contribution in [0.3, 0.4) is 0 Å². The number of rotatable bonds is 4. The van der Waals surface area contributed by atoms with Crippen molar-refractivity contribution in [2.24, 2.45) is 10.1 Å². The average molecular weight is 479 g/mol. The van der Waals surface area contributed by atoms with Gasteiger partial charge in [0.15, 0.2) is 11.3 Å². The summed E-state index contributed by atoms with van der Waals surface area (Å²) in [5.41, 5.74) is 2.62. The smallest absolute Gasteiger partial charge is 0.229 e. The number of aryl methyl sites for hydroxylation is 1. The minimum absolute atomic E-state index is 0.0721. The molecule has 5 rings (SSSR count). The van der Waals surface area contributed by atoms with Gasteiger partial charge in [0.1, 0.15) is 5.04 Å². The van der Waals surface area contributed by atoms with Crippen molar-refractivity contribution in [2.75, 3.05) is 0 Å². The summed E-state index contributed by atoms with van der Waals surface area (Å²) >= 11 is 7.07. The number of hydrogen-bond donors (Lipinski definition) is 0. The Kier molecular flexibility index (Phi) is 5.32. The monoisotopic (exact) mass is 478 g/mol. The van der Waals surface area contributed by atoms with E-state index in [9.17, 15) is 8.42 Å². The fourth-order valence-electron chi connectivity index (χ4n) is 3.43. The lowest BCUT2D eigenvalue weighted by Crippen LogP contribution is -2.49. The maximum atomic E-state index is 13.7. The number of fused-ring (bicyclic) bond motifs is 1. The number of hydrogen-bond acceptors (Lipinski definition) is 6. The predicted octanol–water partition coefficient (Wildman–Crippen LogP) is 4.75. The highest BCUT2D eigenvalue weighted by Gasteiger charge is 2.44. The van der Waals surface area contributed by atoms with Crippen LogP contribution in [0.25, 0.3) is 0 Å². The van der Waals surface area contributed by atoms with Crippen LogP contribution < -0.4 is 0 Å². The van der Waals surface area contributed by atoms with E-state index >= 15 is 0 Å². The third kappa shape index (κ3) is 3.62. The van der Waals surface area contributed by atoms with Crippen LogP contribution in [0.1, 0.15) is 22.9 Å². The van der Waals surface area contributed by atoms with Gasteiger partial charge in [0.25, 0.3) is 10.0 Å². The minimum atomic E-state index is -3.98. The molecule has 3 aromatic rings.